The zero-order chi connectivity index (χ0) is 24.4. The fraction of sp³-hybridized carbons (Fsp3) is 0.520. The molecule has 1 aromatic carbocycles. The monoisotopic (exact) mass is 485 g/mol. The number of nitrogens with zero attached hydrogens (tertiary/aromatic N) is 5. The van der Waals surface area contributed by atoms with Crippen LogP contribution in [0.3, 0.4) is 0 Å². The Labute approximate surface area is 205 Å². The largest absolute Gasteiger partial charge is 0.343 e. The summed E-state index contributed by atoms with van der Waals surface area (Å²) in [6.45, 7) is 7.19. The van der Waals surface area contributed by atoms with E-state index in [1.165, 1.54) is 0 Å². The number of hydrogen-bond donors (Lipinski definition) is 0. The van der Waals surface area contributed by atoms with Gasteiger partial charge in [-0.2, -0.15) is 5.10 Å². The van der Waals surface area contributed by atoms with Gasteiger partial charge in [0.2, 0.25) is 5.91 Å². The number of aromatic nitrogens is 2. The van der Waals surface area contributed by atoms with Crippen molar-refractivity contribution in [3.05, 3.63) is 51.8 Å². The number of likely N-dealkylation sites (tertiary alicyclic amines) is 1. The van der Waals surface area contributed by atoms with Crippen molar-refractivity contribution in [3.63, 3.8) is 0 Å². The van der Waals surface area contributed by atoms with E-state index < -0.39 is 0 Å². The molecule has 1 fully saturated rings. The van der Waals surface area contributed by atoms with E-state index in [-0.39, 0.29) is 23.6 Å². The molecule has 8 nitrogen and oxygen atoms in total. The van der Waals surface area contributed by atoms with E-state index in [4.69, 9.17) is 11.6 Å². The Morgan fingerprint density at radius 1 is 1.12 bits per heavy atom. The van der Waals surface area contributed by atoms with E-state index in [9.17, 15) is 14.4 Å². The highest BCUT2D eigenvalue weighted by molar-refractivity contribution is 6.30. The van der Waals surface area contributed by atoms with Gasteiger partial charge in [-0.05, 0) is 44.9 Å². The molecule has 2 aliphatic heterocycles. The van der Waals surface area contributed by atoms with Gasteiger partial charge in [-0.1, -0.05) is 17.7 Å². The minimum atomic E-state index is -0.182. The summed E-state index contributed by atoms with van der Waals surface area (Å²) in [6.07, 6.45) is 2.21. The highest BCUT2D eigenvalue weighted by Crippen LogP contribution is 2.27. The van der Waals surface area contributed by atoms with Crippen molar-refractivity contribution in [2.45, 2.75) is 39.7 Å². The molecule has 3 amide bonds. The first-order valence-electron chi connectivity index (χ1n) is 12.0. The van der Waals surface area contributed by atoms with Crippen LogP contribution in [0.4, 0.5) is 0 Å². The summed E-state index contributed by atoms with van der Waals surface area (Å²) >= 11 is 6.08. The van der Waals surface area contributed by atoms with Gasteiger partial charge in [0.25, 0.3) is 11.8 Å². The van der Waals surface area contributed by atoms with Gasteiger partial charge in [0.1, 0.15) is 0 Å². The van der Waals surface area contributed by atoms with Crippen LogP contribution in [0.1, 0.15) is 58.8 Å². The lowest BCUT2D eigenvalue weighted by Gasteiger charge is -2.34. The first-order valence-corrected chi connectivity index (χ1v) is 12.4. The number of aryl methyl sites for hydroxylation is 1. The van der Waals surface area contributed by atoms with Gasteiger partial charge in [-0.3, -0.25) is 19.1 Å². The van der Waals surface area contributed by atoms with E-state index in [1.54, 1.807) is 38.7 Å². The molecule has 0 saturated carbocycles. The second-order valence-corrected chi connectivity index (χ2v) is 9.42. The number of hydrogen-bond acceptors (Lipinski definition) is 4. The topological polar surface area (TPSA) is 78.8 Å². The Bertz CT molecular complexity index is 1090. The third-order valence-corrected chi connectivity index (χ3v) is 7.17. The molecule has 1 saturated heterocycles. The van der Waals surface area contributed by atoms with Gasteiger partial charge in [-0.15, -0.1) is 0 Å². The van der Waals surface area contributed by atoms with Crippen molar-refractivity contribution in [2.24, 2.45) is 13.0 Å². The maximum atomic E-state index is 13.6. The number of fused-ring (bicyclic) bond motifs is 1. The van der Waals surface area contributed by atoms with Gasteiger partial charge in [0, 0.05) is 68.0 Å². The Morgan fingerprint density at radius 2 is 1.88 bits per heavy atom. The molecule has 1 unspecified atom stereocenters. The minimum absolute atomic E-state index is 0.113. The van der Waals surface area contributed by atoms with E-state index in [0.717, 1.165) is 24.1 Å². The number of halogens is 1. The van der Waals surface area contributed by atoms with Gasteiger partial charge >= 0.3 is 0 Å². The van der Waals surface area contributed by atoms with Crippen LogP contribution in [0.25, 0.3) is 0 Å². The van der Waals surface area contributed by atoms with Crippen molar-refractivity contribution in [1.82, 2.24) is 24.5 Å². The van der Waals surface area contributed by atoms with Crippen molar-refractivity contribution in [2.75, 3.05) is 32.7 Å². The zero-order valence-electron chi connectivity index (χ0n) is 20.1. The quantitative estimate of drug-likeness (QED) is 0.652. The maximum absolute atomic E-state index is 13.6. The zero-order valence-corrected chi connectivity index (χ0v) is 20.8. The molecule has 0 spiro atoms. The second-order valence-electron chi connectivity index (χ2n) is 8.99. The van der Waals surface area contributed by atoms with Crippen LogP contribution in [0.5, 0.6) is 0 Å². The molecule has 0 aliphatic carbocycles. The number of piperidine rings is 1. The summed E-state index contributed by atoms with van der Waals surface area (Å²) in [7, 11) is 1.84. The lowest BCUT2D eigenvalue weighted by atomic mass is 9.95. The lowest BCUT2D eigenvalue weighted by molar-refractivity contribution is -0.136. The molecule has 9 heteroatoms. The van der Waals surface area contributed by atoms with Gasteiger partial charge in [0.05, 0.1) is 12.5 Å². The Hall–Kier alpha value is -2.87. The number of carbonyl (C=O) groups excluding carboxylic acids is 3. The molecule has 1 atom stereocenters. The maximum Gasteiger partial charge on any atom is 0.274 e. The van der Waals surface area contributed by atoms with E-state index in [0.29, 0.717) is 62.0 Å². The van der Waals surface area contributed by atoms with Crippen LogP contribution in [0.15, 0.2) is 24.3 Å². The predicted octanol–water partition coefficient (Wildman–Crippen LogP) is 2.99. The lowest BCUT2D eigenvalue weighted by Crippen LogP contribution is -2.47. The third-order valence-electron chi connectivity index (χ3n) is 6.94. The van der Waals surface area contributed by atoms with Crippen LogP contribution in [0.2, 0.25) is 5.02 Å². The molecule has 0 N–H and O–H groups in total. The Balaban J connectivity index is 1.53. The second kappa shape index (κ2) is 10.2. The number of benzene rings is 1. The van der Waals surface area contributed by atoms with Crippen molar-refractivity contribution >= 4 is 29.3 Å². The average molecular weight is 486 g/mol. The molecular formula is C25H32ClN5O3. The summed E-state index contributed by atoms with van der Waals surface area (Å²) in [5.74, 6) is -0.342. The smallest absolute Gasteiger partial charge is 0.274 e. The molecule has 0 radical (unpaired) electrons. The van der Waals surface area contributed by atoms with Crippen LogP contribution in [-0.4, -0.2) is 74.9 Å². The van der Waals surface area contributed by atoms with Gasteiger partial charge < -0.3 is 14.7 Å². The molecular weight excluding hydrogens is 454 g/mol. The van der Waals surface area contributed by atoms with Crippen molar-refractivity contribution in [1.29, 1.82) is 0 Å². The predicted molar refractivity (Wildman–Crippen MR) is 130 cm³/mol. The fourth-order valence-electron chi connectivity index (χ4n) is 5.05. The normalized spacial score (nSPS) is 17.9. The SMILES string of the molecule is CCN(CC)C(=O)C1CCCN(C(=O)c2nn(C)c3c2CN(C(=O)c2cccc(Cl)c2)CC3)C1. The van der Waals surface area contributed by atoms with Crippen LogP contribution in [0, 0.1) is 5.92 Å². The summed E-state index contributed by atoms with van der Waals surface area (Å²) < 4.78 is 1.76. The minimum Gasteiger partial charge on any atom is -0.343 e. The summed E-state index contributed by atoms with van der Waals surface area (Å²) in [6, 6.07) is 6.91. The van der Waals surface area contributed by atoms with Crippen molar-refractivity contribution < 1.29 is 14.4 Å². The third kappa shape index (κ3) is 4.69. The first kappa shape index (κ1) is 24.3. The molecule has 2 aromatic rings. The van der Waals surface area contributed by atoms with Gasteiger partial charge in [0.15, 0.2) is 5.69 Å². The number of rotatable bonds is 5. The Kier molecular flexibility index (Phi) is 7.26. The molecule has 0 bridgehead atoms. The van der Waals surface area contributed by atoms with Crippen LogP contribution >= 0.6 is 11.6 Å². The highest BCUT2D eigenvalue weighted by atomic mass is 35.5. The molecule has 34 heavy (non-hydrogen) atoms. The molecule has 3 heterocycles. The summed E-state index contributed by atoms with van der Waals surface area (Å²) in [5.41, 5.74) is 2.69. The molecule has 182 valence electrons. The molecule has 1 aromatic heterocycles. The van der Waals surface area contributed by atoms with E-state index in [1.807, 2.05) is 25.8 Å². The standard InChI is InChI=1S/C25H32ClN5O3/c1-4-29(5-2)24(33)18-9-7-12-30(15-18)25(34)22-20-16-31(13-11-21(20)28(3)27-22)23(32)17-8-6-10-19(26)14-17/h6,8,10,14,18H,4-5,7,9,11-13,15-16H2,1-3H3. The average Bonchev–Trinajstić information content (AvgIpc) is 3.19. The summed E-state index contributed by atoms with van der Waals surface area (Å²) in [5, 5.41) is 5.07. The Morgan fingerprint density at radius 3 is 2.59 bits per heavy atom. The molecule has 4 rings (SSSR count). The van der Waals surface area contributed by atoms with Crippen LogP contribution < -0.4 is 0 Å². The fourth-order valence-corrected chi connectivity index (χ4v) is 5.24. The van der Waals surface area contributed by atoms with Crippen LogP contribution in [-0.2, 0) is 24.8 Å². The number of carbonyl (C=O) groups is 3. The van der Waals surface area contributed by atoms with Gasteiger partial charge in [-0.25, -0.2) is 0 Å². The number of amides is 3. The summed E-state index contributed by atoms with van der Waals surface area (Å²) in [4.78, 5) is 44.9. The first-order chi connectivity index (χ1) is 16.3. The highest BCUT2D eigenvalue weighted by Gasteiger charge is 2.35. The van der Waals surface area contributed by atoms with E-state index in [2.05, 4.69) is 5.10 Å². The molecule has 2 aliphatic rings. The van der Waals surface area contributed by atoms with Crippen molar-refractivity contribution in [3.8, 4) is 0 Å². The van der Waals surface area contributed by atoms with E-state index >= 15 is 0 Å².